The summed E-state index contributed by atoms with van der Waals surface area (Å²) in [4.78, 5) is 13.7. The molecule has 2 N–H and O–H groups in total. The van der Waals surface area contributed by atoms with E-state index in [9.17, 15) is 4.79 Å². The van der Waals surface area contributed by atoms with Crippen LogP contribution in [0.4, 0.5) is 0 Å². The third kappa shape index (κ3) is 4.02. The van der Waals surface area contributed by atoms with E-state index in [0.717, 1.165) is 5.56 Å². The van der Waals surface area contributed by atoms with Crippen LogP contribution in [0.2, 0.25) is 5.02 Å². The van der Waals surface area contributed by atoms with Gasteiger partial charge in [-0.05, 0) is 38.5 Å². The molecule has 0 spiro atoms. The van der Waals surface area contributed by atoms with E-state index in [0.29, 0.717) is 11.6 Å². The lowest BCUT2D eigenvalue weighted by atomic mass is 10.1. The first-order valence-corrected chi connectivity index (χ1v) is 6.10. The van der Waals surface area contributed by atoms with E-state index < -0.39 is 6.04 Å². The smallest absolute Gasteiger partial charge is 0.239 e. The maximum Gasteiger partial charge on any atom is 0.239 e. The third-order valence-electron chi connectivity index (χ3n) is 2.54. The maximum atomic E-state index is 11.9. The lowest BCUT2D eigenvalue weighted by Crippen LogP contribution is -2.45. The second-order valence-electron chi connectivity index (χ2n) is 4.48. The molecule has 4 heteroatoms. The first-order valence-electron chi connectivity index (χ1n) is 5.72. The van der Waals surface area contributed by atoms with Crippen molar-refractivity contribution in [2.24, 2.45) is 5.73 Å². The molecule has 0 aliphatic rings. The molecule has 17 heavy (non-hydrogen) atoms. The van der Waals surface area contributed by atoms with Crippen molar-refractivity contribution in [1.82, 2.24) is 4.90 Å². The predicted molar refractivity (Wildman–Crippen MR) is 70.8 cm³/mol. The Morgan fingerprint density at radius 2 is 2.06 bits per heavy atom. The molecule has 1 unspecified atom stereocenters. The van der Waals surface area contributed by atoms with Crippen LogP contribution >= 0.6 is 11.6 Å². The van der Waals surface area contributed by atoms with Gasteiger partial charge in [0.1, 0.15) is 0 Å². The van der Waals surface area contributed by atoms with Gasteiger partial charge >= 0.3 is 0 Å². The summed E-state index contributed by atoms with van der Waals surface area (Å²) in [5.74, 6) is -0.0417. The molecule has 1 amide bonds. The van der Waals surface area contributed by atoms with Gasteiger partial charge in [-0.1, -0.05) is 23.7 Å². The highest BCUT2D eigenvalue weighted by molar-refractivity contribution is 6.30. The molecule has 3 nitrogen and oxygen atoms in total. The lowest BCUT2D eigenvalue weighted by Gasteiger charge is -2.28. The fraction of sp³-hybridized carbons (Fsp3) is 0.462. The minimum atomic E-state index is -0.475. The van der Waals surface area contributed by atoms with Crippen molar-refractivity contribution in [3.8, 4) is 0 Å². The fourth-order valence-electron chi connectivity index (χ4n) is 1.61. The van der Waals surface area contributed by atoms with Gasteiger partial charge in [0.15, 0.2) is 0 Å². The Kier molecular flexibility index (Phi) is 4.97. The Hall–Kier alpha value is -1.06. The van der Waals surface area contributed by atoms with E-state index in [2.05, 4.69) is 0 Å². The average molecular weight is 255 g/mol. The number of carbonyl (C=O) groups is 1. The van der Waals surface area contributed by atoms with Crippen LogP contribution in [-0.4, -0.2) is 22.9 Å². The molecule has 0 aliphatic heterocycles. The zero-order valence-corrected chi connectivity index (χ0v) is 11.2. The quantitative estimate of drug-likeness (QED) is 0.897. The molecule has 94 valence electrons. The zero-order valence-electron chi connectivity index (χ0n) is 10.5. The number of nitrogens with zero attached hydrogens (tertiary/aromatic N) is 1. The van der Waals surface area contributed by atoms with Crippen LogP contribution < -0.4 is 5.73 Å². The molecule has 0 fully saturated rings. The molecule has 1 atom stereocenters. The molecular weight excluding hydrogens is 236 g/mol. The SMILES string of the molecule is CC(N)C(=O)N(Cc1cccc(Cl)c1)C(C)C. The number of benzene rings is 1. The molecule has 0 radical (unpaired) electrons. The topological polar surface area (TPSA) is 46.3 Å². The standard InChI is InChI=1S/C13H19ClN2O/c1-9(2)16(13(17)10(3)15)8-11-5-4-6-12(14)7-11/h4-7,9-10H,8,15H2,1-3H3. The Labute approximate surface area is 108 Å². The molecule has 0 saturated heterocycles. The van der Waals surface area contributed by atoms with Crippen molar-refractivity contribution in [3.63, 3.8) is 0 Å². The van der Waals surface area contributed by atoms with E-state index in [-0.39, 0.29) is 11.9 Å². The molecule has 0 heterocycles. The van der Waals surface area contributed by atoms with Crippen LogP contribution in [0, 0.1) is 0 Å². The molecule has 0 bridgehead atoms. The zero-order chi connectivity index (χ0) is 13.0. The summed E-state index contributed by atoms with van der Waals surface area (Å²) in [5, 5.41) is 0.680. The molecule has 0 saturated carbocycles. The number of carbonyl (C=O) groups excluding carboxylic acids is 1. The normalized spacial score (nSPS) is 12.6. The van der Waals surface area contributed by atoms with Gasteiger partial charge < -0.3 is 10.6 Å². The van der Waals surface area contributed by atoms with Crippen molar-refractivity contribution in [2.45, 2.75) is 39.4 Å². The summed E-state index contributed by atoms with van der Waals surface area (Å²) in [6.45, 7) is 6.20. The summed E-state index contributed by atoms with van der Waals surface area (Å²) < 4.78 is 0. The van der Waals surface area contributed by atoms with Gasteiger partial charge in [0.25, 0.3) is 0 Å². The molecule has 1 aromatic carbocycles. The Morgan fingerprint density at radius 1 is 1.41 bits per heavy atom. The first-order chi connectivity index (χ1) is 7.91. The van der Waals surface area contributed by atoms with E-state index in [1.807, 2.05) is 38.1 Å². The highest BCUT2D eigenvalue weighted by atomic mass is 35.5. The largest absolute Gasteiger partial charge is 0.335 e. The predicted octanol–water partition coefficient (Wildman–Crippen LogP) is 2.42. The number of rotatable bonds is 4. The summed E-state index contributed by atoms with van der Waals surface area (Å²) in [7, 11) is 0. The van der Waals surface area contributed by atoms with Crippen molar-refractivity contribution >= 4 is 17.5 Å². The van der Waals surface area contributed by atoms with Crippen molar-refractivity contribution in [2.75, 3.05) is 0 Å². The first kappa shape index (κ1) is 14.0. The Balaban J connectivity index is 2.84. The number of hydrogen-bond donors (Lipinski definition) is 1. The van der Waals surface area contributed by atoms with Gasteiger partial charge in [-0.25, -0.2) is 0 Å². The van der Waals surface area contributed by atoms with Gasteiger partial charge in [-0.15, -0.1) is 0 Å². The molecule has 1 aromatic rings. The molecular formula is C13H19ClN2O. The second-order valence-corrected chi connectivity index (χ2v) is 4.91. The number of halogens is 1. The van der Waals surface area contributed by atoms with Gasteiger partial charge in [0.2, 0.25) is 5.91 Å². The number of amides is 1. The van der Waals surface area contributed by atoms with Crippen LogP contribution in [0.25, 0.3) is 0 Å². The minimum absolute atomic E-state index is 0.0417. The fourth-order valence-corrected chi connectivity index (χ4v) is 1.82. The van der Waals surface area contributed by atoms with Gasteiger partial charge in [-0.3, -0.25) is 4.79 Å². The summed E-state index contributed by atoms with van der Waals surface area (Å²) in [6, 6.07) is 7.16. The maximum absolute atomic E-state index is 11.9. The van der Waals surface area contributed by atoms with Gasteiger partial charge in [0.05, 0.1) is 6.04 Å². The summed E-state index contributed by atoms with van der Waals surface area (Å²) in [5.41, 5.74) is 6.65. The Morgan fingerprint density at radius 3 is 2.53 bits per heavy atom. The number of hydrogen-bond acceptors (Lipinski definition) is 2. The van der Waals surface area contributed by atoms with E-state index in [1.165, 1.54) is 0 Å². The van der Waals surface area contributed by atoms with Crippen molar-refractivity contribution < 1.29 is 4.79 Å². The molecule has 0 aliphatic carbocycles. The summed E-state index contributed by atoms with van der Waals surface area (Å²) >= 11 is 5.92. The Bertz CT molecular complexity index is 391. The minimum Gasteiger partial charge on any atom is -0.335 e. The van der Waals surface area contributed by atoms with Crippen LogP contribution in [0.1, 0.15) is 26.3 Å². The molecule has 0 aromatic heterocycles. The highest BCUT2D eigenvalue weighted by Gasteiger charge is 2.20. The van der Waals surface area contributed by atoms with Crippen molar-refractivity contribution in [1.29, 1.82) is 0 Å². The van der Waals surface area contributed by atoms with E-state index in [4.69, 9.17) is 17.3 Å². The van der Waals surface area contributed by atoms with Crippen LogP contribution in [0.3, 0.4) is 0 Å². The van der Waals surface area contributed by atoms with E-state index >= 15 is 0 Å². The molecule has 1 rings (SSSR count). The van der Waals surface area contributed by atoms with Crippen LogP contribution in [0.15, 0.2) is 24.3 Å². The summed E-state index contributed by atoms with van der Waals surface area (Å²) in [6.07, 6.45) is 0. The number of nitrogens with two attached hydrogens (primary N) is 1. The van der Waals surface area contributed by atoms with Gasteiger partial charge in [0, 0.05) is 17.6 Å². The monoisotopic (exact) mass is 254 g/mol. The van der Waals surface area contributed by atoms with Crippen molar-refractivity contribution in [3.05, 3.63) is 34.9 Å². The van der Waals surface area contributed by atoms with Crippen LogP contribution in [-0.2, 0) is 11.3 Å². The van der Waals surface area contributed by atoms with Crippen LogP contribution in [0.5, 0.6) is 0 Å². The third-order valence-corrected chi connectivity index (χ3v) is 2.77. The van der Waals surface area contributed by atoms with E-state index in [1.54, 1.807) is 11.8 Å². The lowest BCUT2D eigenvalue weighted by molar-refractivity contribution is -0.134. The highest BCUT2D eigenvalue weighted by Crippen LogP contribution is 2.14. The van der Waals surface area contributed by atoms with Gasteiger partial charge in [-0.2, -0.15) is 0 Å². The second kappa shape index (κ2) is 6.03. The average Bonchev–Trinajstić information content (AvgIpc) is 2.24.